The summed E-state index contributed by atoms with van der Waals surface area (Å²) in [6, 6.07) is 11.0. The molecule has 0 radical (unpaired) electrons. The number of nitrogens with zero attached hydrogens (tertiary/aromatic N) is 7. The summed E-state index contributed by atoms with van der Waals surface area (Å²) in [7, 11) is 1.17. The molecule has 93 heavy (non-hydrogen) atoms. The first-order chi connectivity index (χ1) is 44.8. The summed E-state index contributed by atoms with van der Waals surface area (Å²) in [6.07, 6.45) is 11.0. The molecule has 0 bridgehead atoms. The fourth-order valence-corrected chi connectivity index (χ4v) is 12.2. The molecule has 3 fully saturated rings. The topological polar surface area (TPSA) is 308 Å². The Bertz CT molecular complexity index is 3040. The number of carbonyl (C=O) groups is 10. The van der Waals surface area contributed by atoms with E-state index in [1.165, 1.54) is 31.1 Å². The van der Waals surface area contributed by atoms with E-state index in [0.29, 0.717) is 113 Å². The number of esters is 1. The molecular weight excluding hydrogens is 1350 g/mol. The van der Waals surface area contributed by atoms with E-state index in [2.05, 4.69) is 54.8 Å². The number of benzene rings is 2. The highest BCUT2D eigenvalue weighted by atomic mass is 127. The van der Waals surface area contributed by atoms with Gasteiger partial charge in [0.05, 0.1) is 63.4 Å². The number of thioether (sulfide) groups is 1. The quantitative estimate of drug-likeness (QED) is 0.0143. The predicted molar refractivity (Wildman–Crippen MR) is 347 cm³/mol. The molecule has 0 aliphatic carbocycles. The molecule has 4 heterocycles. The second-order valence-electron chi connectivity index (χ2n) is 22.9. The second kappa shape index (κ2) is 39.4. The predicted octanol–water partition coefficient (Wildman–Crippen LogP) is 2.20. The third-order valence-electron chi connectivity index (χ3n) is 16.1. The fourth-order valence-electron chi connectivity index (χ4n) is 11.0. The van der Waals surface area contributed by atoms with Crippen molar-refractivity contribution in [3.63, 3.8) is 0 Å². The van der Waals surface area contributed by atoms with Crippen molar-refractivity contribution in [2.45, 2.75) is 88.3 Å². The van der Waals surface area contributed by atoms with Crippen molar-refractivity contribution >= 4 is 106 Å². The van der Waals surface area contributed by atoms with Crippen LogP contribution in [0.4, 0.5) is 8.78 Å². The first-order valence-corrected chi connectivity index (χ1v) is 33.2. The van der Waals surface area contributed by atoms with Crippen molar-refractivity contribution in [3.8, 4) is 18.1 Å². The molecule has 1 aromatic heterocycles. The summed E-state index contributed by atoms with van der Waals surface area (Å²) in [5, 5.41) is 21.2. The monoisotopic (exact) mass is 1430 g/mol. The molecule has 3 aromatic rings. The van der Waals surface area contributed by atoms with Crippen LogP contribution in [0, 0.1) is 21.8 Å². The number of piperidine rings is 1. The van der Waals surface area contributed by atoms with Crippen LogP contribution in [0.2, 0.25) is 0 Å². The summed E-state index contributed by atoms with van der Waals surface area (Å²) in [6.45, 7) is 2.23. The molecule has 0 spiro atoms. The van der Waals surface area contributed by atoms with Crippen molar-refractivity contribution < 1.29 is 80.8 Å². The van der Waals surface area contributed by atoms with Crippen LogP contribution in [0.5, 0.6) is 5.75 Å². The lowest BCUT2D eigenvalue weighted by Crippen LogP contribution is -2.57. The summed E-state index contributed by atoms with van der Waals surface area (Å²) in [4.78, 5) is 143. The number of rotatable bonds is 34. The first kappa shape index (κ1) is 74.7. The van der Waals surface area contributed by atoms with Gasteiger partial charge in [-0.25, -0.2) is 8.78 Å². The lowest BCUT2D eigenvalue weighted by molar-refractivity contribution is -0.146. The zero-order valence-corrected chi connectivity index (χ0v) is 55.3. The standard InChI is InChI=1S/C63H84F2IN11O15S/c1-3-48-35-63(64,65)40-77(48)57(82)36-69-60(86)50-16-19-67-52-15-14-49(33-51(50)52)92-31-5-4-7-46-17-21-76(22-18-46)62(88)53(34-59(85)89-2)71-61(87)54(39-93-32-20-68-55(80)9-6-8-45-10-12-47(66)13-11-45)70-56(81)37-72-23-24-73(38-58(83)84)26-28-75(42-91-44-79)30-29-74(27-25-72)41-90-43-78/h1,10-16,19,33,43-44,46,48,53-54H,4-9,17-18,20-32,34-42H2,2H3,(H,68,80)(H,69,86)(H,70,81)(H,71,87)(H,83,84)/t48-,53-,54-/m0/s1. The number of carboxylic acids is 1. The third kappa shape index (κ3) is 26.2. The molecule has 5 N–H and O–H groups in total. The molecule has 6 rings (SSSR count). The normalized spacial score (nSPS) is 17.7. The van der Waals surface area contributed by atoms with E-state index < -0.39 is 91.5 Å². The number of terminal acetylenes is 1. The van der Waals surface area contributed by atoms with Gasteiger partial charge in [-0.15, -0.1) is 6.42 Å². The lowest BCUT2D eigenvalue weighted by atomic mass is 9.91. The van der Waals surface area contributed by atoms with E-state index in [4.69, 9.17) is 25.4 Å². The molecule has 3 saturated heterocycles. The summed E-state index contributed by atoms with van der Waals surface area (Å²) >= 11 is 3.52. The molecule has 3 aliphatic heterocycles. The van der Waals surface area contributed by atoms with Gasteiger partial charge in [-0.3, -0.25) is 72.5 Å². The summed E-state index contributed by atoms with van der Waals surface area (Å²) in [5.41, 5.74) is 1.83. The maximum atomic E-state index is 14.5. The maximum Gasteiger partial charge on any atom is 0.317 e. The van der Waals surface area contributed by atoms with Gasteiger partial charge < -0.3 is 55.1 Å². The number of likely N-dealkylation sites (tertiary alicyclic amines) is 2. The third-order valence-corrected chi connectivity index (χ3v) is 17.9. The number of halogens is 3. The van der Waals surface area contributed by atoms with Gasteiger partial charge in [-0.1, -0.05) is 24.5 Å². The number of pyridine rings is 1. The number of amides is 6. The minimum Gasteiger partial charge on any atom is -0.494 e. The Morgan fingerprint density at radius 2 is 1.47 bits per heavy atom. The van der Waals surface area contributed by atoms with Gasteiger partial charge in [-0.05, 0) is 109 Å². The van der Waals surface area contributed by atoms with E-state index in [0.717, 1.165) is 33.3 Å². The van der Waals surface area contributed by atoms with Gasteiger partial charge >= 0.3 is 11.9 Å². The Labute approximate surface area is 557 Å². The van der Waals surface area contributed by atoms with Crippen LogP contribution in [0.25, 0.3) is 10.9 Å². The Balaban J connectivity index is 1.03. The number of alkyl halides is 2. The van der Waals surface area contributed by atoms with E-state index in [-0.39, 0.29) is 82.4 Å². The number of methoxy groups -OCH3 is 1. The largest absolute Gasteiger partial charge is 0.494 e. The van der Waals surface area contributed by atoms with Crippen molar-refractivity contribution in [1.29, 1.82) is 0 Å². The fraction of sp³-hybridized carbons (Fsp3) is 0.571. The van der Waals surface area contributed by atoms with Crippen LogP contribution in [0.3, 0.4) is 0 Å². The Morgan fingerprint density at radius 3 is 2.11 bits per heavy atom. The highest BCUT2D eigenvalue weighted by Gasteiger charge is 2.46. The number of hydrogen-bond acceptors (Lipinski definition) is 20. The number of nitrogens with one attached hydrogen (secondary N) is 4. The SMILES string of the molecule is C#C[C@H]1CC(F)(F)CN1C(=O)CNC(=O)c1ccnc2ccc(OCCCCC3CCN(C(=O)[C@H](CC(=O)OC)NC(=O)[C@H](CSCCNC(=O)CCCc4ccc(I)cc4)NC(=O)CN4CCN(COC=O)CCN(COC=O)CCN(CC(=O)O)CC4)CC3)cc12. The average molecular weight is 1430 g/mol. The van der Waals surface area contributed by atoms with Crippen LogP contribution in [-0.2, 0) is 63.8 Å². The van der Waals surface area contributed by atoms with Crippen LogP contribution in [-0.4, -0.2) is 261 Å². The minimum absolute atomic E-state index is 0.0115. The minimum atomic E-state index is -3.12. The second-order valence-corrected chi connectivity index (χ2v) is 25.3. The molecule has 3 atom stereocenters. The average Bonchev–Trinajstić information content (AvgIpc) is 1.78. The zero-order valence-electron chi connectivity index (χ0n) is 52.3. The van der Waals surface area contributed by atoms with E-state index in [1.54, 1.807) is 32.9 Å². The van der Waals surface area contributed by atoms with E-state index >= 15 is 0 Å². The Hall–Kier alpha value is -7.31. The maximum absolute atomic E-state index is 14.5. The van der Waals surface area contributed by atoms with Gasteiger partial charge in [0.1, 0.15) is 31.3 Å². The number of carboxylic acid groups (broad SMARTS) is 1. The first-order valence-electron chi connectivity index (χ1n) is 31.0. The molecule has 6 amide bonds. The molecule has 508 valence electrons. The Morgan fingerprint density at radius 1 is 0.817 bits per heavy atom. The highest BCUT2D eigenvalue weighted by Crippen LogP contribution is 2.32. The summed E-state index contributed by atoms with van der Waals surface area (Å²) in [5.74, 6) is -4.86. The van der Waals surface area contributed by atoms with Crippen LogP contribution in [0.1, 0.15) is 73.7 Å². The van der Waals surface area contributed by atoms with E-state index in [1.807, 2.05) is 34.1 Å². The van der Waals surface area contributed by atoms with Gasteiger partial charge in [-0.2, -0.15) is 11.8 Å². The van der Waals surface area contributed by atoms with Gasteiger partial charge in [0.25, 0.3) is 24.8 Å². The van der Waals surface area contributed by atoms with Crippen molar-refractivity contribution in [2.75, 3.05) is 137 Å². The molecule has 3 aliphatic rings. The number of unbranched alkanes of at least 4 members (excludes halogenated alkanes) is 1. The van der Waals surface area contributed by atoms with E-state index in [9.17, 15) is 61.8 Å². The van der Waals surface area contributed by atoms with Gasteiger partial charge in [0, 0.05) is 111 Å². The lowest BCUT2D eigenvalue weighted by Gasteiger charge is -2.34. The number of carbonyl (C=O) groups excluding carboxylic acids is 9. The molecule has 0 saturated carbocycles. The number of aromatic nitrogens is 1. The van der Waals surface area contributed by atoms with Gasteiger partial charge in [0.2, 0.25) is 29.5 Å². The van der Waals surface area contributed by atoms with Gasteiger partial charge in [0.15, 0.2) is 0 Å². The number of ether oxygens (including phenoxy) is 4. The number of aryl methyl sites for hydroxylation is 1. The molecule has 26 nitrogen and oxygen atoms in total. The zero-order chi connectivity index (χ0) is 67.1. The van der Waals surface area contributed by atoms with Crippen LogP contribution >= 0.6 is 34.4 Å². The highest BCUT2D eigenvalue weighted by molar-refractivity contribution is 14.1. The molecule has 2 aromatic carbocycles. The Kier molecular flexibility index (Phi) is 31.7. The van der Waals surface area contributed by atoms with Crippen molar-refractivity contribution in [1.82, 2.24) is 55.7 Å². The summed E-state index contributed by atoms with van der Waals surface area (Å²) < 4.78 is 50.3. The van der Waals surface area contributed by atoms with Crippen LogP contribution in [0.15, 0.2) is 54.7 Å². The number of aliphatic carboxylic acids is 1. The van der Waals surface area contributed by atoms with Crippen molar-refractivity contribution in [3.05, 3.63) is 69.4 Å². The molecular formula is C63H84F2IN11O15S. The van der Waals surface area contributed by atoms with Crippen molar-refractivity contribution in [2.24, 2.45) is 5.92 Å². The van der Waals surface area contributed by atoms with Crippen LogP contribution < -0.4 is 26.0 Å². The number of fused-ring (bicyclic) bond motifs is 1. The molecule has 30 heteroatoms. The molecule has 0 unspecified atom stereocenters. The number of hydrogen-bond donors (Lipinski definition) is 5. The smallest absolute Gasteiger partial charge is 0.317 e.